The van der Waals surface area contributed by atoms with Crippen LogP contribution in [-0.4, -0.2) is 12.6 Å². The molecule has 0 amide bonds. The molecule has 0 aromatic heterocycles. The van der Waals surface area contributed by atoms with Crippen LogP contribution in [0, 0.1) is 5.41 Å². The molecule has 3 nitrogen and oxygen atoms in total. The highest BCUT2D eigenvalue weighted by Gasteiger charge is 2.22. The first-order valence-corrected chi connectivity index (χ1v) is 5.89. The third-order valence-electron chi connectivity index (χ3n) is 2.69. The Morgan fingerprint density at radius 1 is 1.41 bits per heavy atom. The molecule has 0 fully saturated rings. The summed E-state index contributed by atoms with van der Waals surface area (Å²) >= 11 is 0. The zero-order valence-corrected chi connectivity index (χ0v) is 11.0. The van der Waals surface area contributed by atoms with Crippen molar-refractivity contribution in [2.24, 2.45) is 11.1 Å². The third kappa shape index (κ3) is 3.56. The molecule has 94 valence electrons. The Balaban J connectivity index is 2.97. The average Bonchev–Trinajstić information content (AvgIpc) is 2.27. The minimum atomic E-state index is -0.296. The normalized spacial score (nSPS) is 13.2. The lowest BCUT2D eigenvalue weighted by atomic mass is 9.83. The number of nitrogens with two attached hydrogens (primary N) is 1. The van der Waals surface area contributed by atoms with Crippen molar-refractivity contribution in [2.45, 2.75) is 33.7 Å². The van der Waals surface area contributed by atoms with Gasteiger partial charge in [0, 0.05) is 6.04 Å². The van der Waals surface area contributed by atoms with Gasteiger partial charge in [0.2, 0.25) is 0 Å². The fourth-order valence-corrected chi connectivity index (χ4v) is 1.57. The van der Waals surface area contributed by atoms with Gasteiger partial charge in [-0.3, -0.25) is 0 Å². The standard InChI is InChI=1S/C14H21NO2/c1-5-17-13(16)11-8-6-7-10(9-11)12(15)14(2,3)4/h6-9,12H,5,15H2,1-4H3. The van der Waals surface area contributed by atoms with Gasteiger partial charge in [0.05, 0.1) is 12.2 Å². The van der Waals surface area contributed by atoms with E-state index in [9.17, 15) is 4.79 Å². The maximum Gasteiger partial charge on any atom is 0.338 e. The summed E-state index contributed by atoms with van der Waals surface area (Å²) in [5.74, 6) is -0.296. The van der Waals surface area contributed by atoms with E-state index >= 15 is 0 Å². The molecule has 0 bridgehead atoms. The first kappa shape index (κ1) is 13.7. The number of carbonyl (C=O) groups excluding carboxylic acids is 1. The third-order valence-corrected chi connectivity index (χ3v) is 2.69. The molecule has 0 heterocycles. The van der Waals surface area contributed by atoms with Gasteiger partial charge in [0.15, 0.2) is 0 Å². The van der Waals surface area contributed by atoms with Crippen molar-refractivity contribution in [1.82, 2.24) is 0 Å². The van der Waals surface area contributed by atoms with Crippen LogP contribution in [0.25, 0.3) is 0 Å². The smallest absolute Gasteiger partial charge is 0.338 e. The predicted molar refractivity (Wildman–Crippen MR) is 68.8 cm³/mol. The fraction of sp³-hybridized carbons (Fsp3) is 0.500. The molecule has 0 saturated carbocycles. The maximum atomic E-state index is 11.6. The van der Waals surface area contributed by atoms with Gasteiger partial charge < -0.3 is 10.5 Å². The molecule has 1 rings (SSSR count). The van der Waals surface area contributed by atoms with Crippen molar-refractivity contribution in [2.75, 3.05) is 6.61 Å². The zero-order chi connectivity index (χ0) is 13.1. The highest BCUT2D eigenvalue weighted by Crippen LogP contribution is 2.30. The van der Waals surface area contributed by atoms with Crippen LogP contribution in [0.15, 0.2) is 24.3 Å². The Hall–Kier alpha value is -1.35. The molecule has 1 aromatic carbocycles. The Morgan fingerprint density at radius 2 is 2.06 bits per heavy atom. The minimum absolute atomic E-state index is 0.0344. The largest absolute Gasteiger partial charge is 0.462 e. The van der Waals surface area contributed by atoms with E-state index in [1.807, 2.05) is 18.2 Å². The minimum Gasteiger partial charge on any atom is -0.462 e. The molecular formula is C14H21NO2. The summed E-state index contributed by atoms with van der Waals surface area (Å²) in [6.45, 7) is 8.41. The van der Waals surface area contributed by atoms with E-state index in [2.05, 4.69) is 20.8 Å². The van der Waals surface area contributed by atoms with Gasteiger partial charge in [-0.1, -0.05) is 32.9 Å². The van der Waals surface area contributed by atoms with Gasteiger partial charge in [-0.15, -0.1) is 0 Å². The van der Waals surface area contributed by atoms with Gasteiger partial charge in [-0.2, -0.15) is 0 Å². The SMILES string of the molecule is CCOC(=O)c1cccc(C(N)C(C)(C)C)c1. The van der Waals surface area contributed by atoms with Crippen LogP contribution in [0.2, 0.25) is 0 Å². The molecule has 1 unspecified atom stereocenters. The van der Waals surface area contributed by atoms with Gasteiger partial charge in [-0.25, -0.2) is 4.79 Å². The quantitative estimate of drug-likeness (QED) is 0.819. The van der Waals surface area contributed by atoms with Crippen molar-refractivity contribution in [3.63, 3.8) is 0 Å². The number of benzene rings is 1. The predicted octanol–water partition coefficient (Wildman–Crippen LogP) is 2.91. The molecule has 3 heteroatoms. The van der Waals surface area contributed by atoms with Crippen molar-refractivity contribution in [3.05, 3.63) is 35.4 Å². The lowest BCUT2D eigenvalue weighted by Crippen LogP contribution is -2.26. The summed E-state index contributed by atoms with van der Waals surface area (Å²) in [6, 6.07) is 7.24. The Kier molecular flexibility index (Phi) is 4.29. The highest BCUT2D eigenvalue weighted by atomic mass is 16.5. The van der Waals surface area contributed by atoms with E-state index in [0.717, 1.165) is 5.56 Å². The highest BCUT2D eigenvalue weighted by molar-refractivity contribution is 5.89. The van der Waals surface area contributed by atoms with Crippen LogP contribution in [0.3, 0.4) is 0 Å². The molecule has 1 atom stereocenters. The summed E-state index contributed by atoms with van der Waals surface area (Å²) in [4.78, 5) is 11.6. The topological polar surface area (TPSA) is 52.3 Å². The fourth-order valence-electron chi connectivity index (χ4n) is 1.57. The molecular weight excluding hydrogens is 214 g/mol. The molecule has 17 heavy (non-hydrogen) atoms. The summed E-state index contributed by atoms with van der Waals surface area (Å²) in [6.07, 6.45) is 0. The molecule has 0 aliphatic heterocycles. The molecule has 0 saturated heterocycles. The first-order valence-electron chi connectivity index (χ1n) is 5.89. The Labute approximate surface area is 103 Å². The summed E-state index contributed by atoms with van der Waals surface area (Å²) in [5.41, 5.74) is 7.65. The molecule has 0 aliphatic carbocycles. The van der Waals surface area contributed by atoms with Gasteiger partial charge in [0.1, 0.15) is 0 Å². The number of hydrogen-bond donors (Lipinski definition) is 1. The van der Waals surface area contributed by atoms with Gasteiger partial charge in [0.25, 0.3) is 0 Å². The van der Waals surface area contributed by atoms with Gasteiger partial charge >= 0.3 is 5.97 Å². The monoisotopic (exact) mass is 235 g/mol. The average molecular weight is 235 g/mol. The molecule has 0 spiro atoms. The van der Waals surface area contributed by atoms with E-state index < -0.39 is 0 Å². The van der Waals surface area contributed by atoms with Crippen LogP contribution in [-0.2, 0) is 4.74 Å². The van der Waals surface area contributed by atoms with Crippen molar-refractivity contribution >= 4 is 5.97 Å². The van der Waals surface area contributed by atoms with Crippen molar-refractivity contribution in [3.8, 4) is 0 Å². The lowest BCUT2D eigenvalue weighted by molar-refractivity contribution is 0.0526. The van der Waals surface area contributed by atoms with Crippen molar-refractivity contribution < 1.29 is 9.53 Å². The lowest BCUT2D eigenvalue weighted by Gasteiger charge is -2.27. The zero-order valence-electron chi connectivity index (χ0n) is 11.0. The first-order chi connectivity index (χ1) is 7.86. The Bertz CT molecular complexity index is 393. The number of hydrogen-bond acceptors (Lipinski definition) is 3. The van der Waals surface area contributed by atoms with Gasteiger partial charge in [-0.05, 0) is 30.0 Å². The molecule has 0 radical (unpaired) electrons. The molecule has 0 aliphatic rings. The van der Waals surface area contributed by atoms with E-state index in [4.69, 9.17) is 10.5 Å². The van der Waals surface area contributed by atoms with Crippen LogP contribution >= 0.6 is 0 Å². The molecule has 1 aromatic rings. The number of rotatable bonds is 3. The van der Waals surface area contributed by atoms with Crippen LogP contribution in [0.1, 0.15) is 49.7 Å². The molecule has 2 N–H and O–H groups in total. The summed E-state index contributed by atoms with van der Waals surface area (Å²) in [7, 11) is 0. The van der Waals surface area contributed by atoms with Crippen LogP contribution < -0.4 is 5.73 Å². The summed E-state index contributed by atoms with van der Waals surface area (Å²) in [5, 5.41) is 0. The number of carbonyl (C=O) groups is 1. The number of ether oxygens (including phenoxy) is 1. The van der Waals surface area contributed by atoms with Crippen LogP contribution in [0.4, 0.5) is 0 Å². The van der Waals surface area contributed by atoms with Crippen molar-refractivity contribution in [1.29, 1.82) is 0 Å². The number of esters is 1. The Morgan fingerprint density at radius 3 is 2.59 bits per heavy atom. The van der Waals surface area contributed by atoms with E-state index in [1.54, 1.807) is 13.0 Å². The van der Waals surface area contributed by atoms with E-state index in [-0.39, 0.29) is 17.4 Å². The van der Waals surface area contributed by atoms with Crippen LogP contribution in [0.5, 0.6) is 0 Å². The second kappa shape index (κ2) is 5.32. The second-order valence-corrected chi connectivity index (χ2v) is 5.19. The van der Waals surface area contributed by atoms with E-state index in [0.29, 0.717) is 12.2 Å². The summed E-state index contributed by atoms with van der Waals surface area (Å²) < 4.78 is 4.97. The maximum absolute atomic E-state index is 11.6. The second-order valence-electron chi connectivity index (χ2n) is 5.19. The van der Waals surface area contributed by atoms with E-state index in [1.165, 1.54) is 0 Å².